The zero-order valence-electron chi connectivity index (χ0n) is 40.0. The van der Waals surface area contributed by atoms with E-state index >= 15 is 4.39 Å². The molecule has 2 fully saturated rings. The second-order valence-corrected chi connectivity index (χ2v) is 17.5. The highest BCUT2D eigenvalue weighted by Crippen LogP contribution is 2.29. The molecule has 10 rings (SSSR count). The Morgan fingerprint density at radius 3 is 1.93 bits per heavy atom. The zero-order valence-corrected chi connectivity index (χ0v) is 40.7. The van der Waals surface area contributed by atoms with Crippen molar-refractivity contribution in [3.8, 4) is 22.6 Å². The number of benzene rings is 2. The highest BCUT2D eigenvalue weighted by atomic mass is 35.5. The van der Waals surface area contributed by atoms with Crippen LogP contribution in [0.25, 0.3) is 22.6 Å². The van der Waals surface area contributed by atoms with Crippen LogP contribution in [0.4, 0.5) is 55.1 Å². The summed E-state index contributed by atoms with van der Waals surface area (Å²) in [6.07, 6.45) is 12.2. The van der Waals surface area contributed by atoms with E-state index in [2.05, 4.69) is 82.6 Å². The normalized spacial score (nSPS) is 14.9. The maximum absolute atomic E-state index is 15.3. The first-order valence-corrected chi connectivity index (χ1v) is 23.8. The molecule has 0 bridgehead atoms. The molecule has 4 N–H and O–H groups in total. The van der Waals surface area contributed by atoms with Crippen LogP contribution in [0.2, 0.25) is 5.02 Å². The summed E-state index contributed by atoms with van der Waals surface area (Å²) in [5.74, 6) is 0.682. The van der Waals surface area contributed by atoms with Crippen LogP contribution in [-0.4, -0.2) is 114 Å². The molecule has 2 saturated heterocycles. The van der Waals surface area contributed by atoms with Gasteiger partial charge in [-0.2, -0.15) is 20.2 Å². The molecule has 0 amide bonds. The Kier molecular flexibility index (Phi) is 15.0. The number of aromatic nitrogens is 10. The summed E-state index contributed by atoms with van der Waals surface area (Å²) >= 11 is 6.60. The molecule has 1 unspecified atom stereocenters. The fraction of sp³-hybridized carbons (Fsp3) is 0.216. The zero-order chi connectivity index (χ0) is 50.8. The van der Waals surface area contributed by atoms with E-state index < -0.39 is 11.6 Å². The second kappa shape index (κ2) is 22.8. The van der Waals surface area contributed by atoms with Crippen molar-refractivity contribution in [2.45, 2.75) is 26.4 Å². The molecule has 2 aliphatic rings. The minimum absolute atomic E-state index is 0.119. The third kappa shape index (κ3) is 12.6. The van der Waals surface area contributed by atoms with Gasteiger partial charge < -0.3 is 29.9 Å². The topological polar surface area (TPSA) is 227 Å². The van der Waals surface area contributed by atoms with E-state index in [0.29, 0.717) is 97.4 Å². The number of hydrazone groups is 2. The molecule has 6 aromatic heterocycles. The molecule has 374 valence electrons. The van der Waals surface area contributed by atoms with Gasteiger partial charge in [0.2, 0.25) is 11.9 Å². The van der Waals surface area contributed by atoms with Crippen molar-refractivity contribution in [1.82, 2.24) is 49.8 Å². The van der Waals surface area contributed by atoms with Gasteiger partial charge in [-0.25, -0.2) is 49.5 Å². The van der Waals surface area contributed by atoms with Crippen LogP contribution in [0.1, 0.15) is 28.5 Å². The summed E-state index contributed by atoms with van der Waals surface area (Å²) in [7, 11) is 0. The lowest BCUT2D eigenvalue weighted by molar-refractivity contribution is 0.0400. The summed E-state index contributed by atoms with van der Waals surface area (Å²) in [4.78, 5) is 47.6. The Morgan fingerprint density at radius 2 is 1.27 bits per heavy atom. The van der Waals surface area contributed by atoms with Gasteiger partial charge in [-0.05, 0) is 92.2 Å². The first-order valence-electron chi connectivity index (χ1n) is 23.5. The molecule has 0 saturated carbocycles. The fourth-order valence-corrected chi connectivity index (χ4v) is 8.36. The molecule has 0 spiro atoms. The SMILES string of the molecule is Cc1cc(Nc2ccc(/C=N/Nc3ncc(F)c(N4CCOC(Cc5ccnc(-c6cc(Cl)cc(Nc7ccc(/C=N/Nc8ncc(F)c(N9CCOCC9)n8)nc7)c6)n5)C4)n3)nc2)cc(-c2ccnc(C)n2)c1. The Bertz CT molecular complexity index is 3310. The number of ether oxygens (including phenoxy) is 2. The highest BCUT2D eigenvalue weighted by molar-refractivity contribution is 6.31. The van der Waals surface area contributed by atoms with Gasteiger partial charge in [0.1, 0.15) is 5.82 Å². The predicted molar refractivity (Wildman–Crippen MR) is 280 cm³/mol. The molecule has 8 aromatic rings. The third-order valence-electron chi connectivity index (χ3n) is 11.5. The van der Waals surface area contributed by atoms with Gasteiger partial charge in [0.05, 0.1) is 91.6 Å². The molecular formula is C51H47ClF2N18O2. The maximum atomic E-state index is 15.3. The summed E-state index contributed by atoms with van der Waals surface area (Å²) in [6, 6.07) is 22.7. The molecule has 23 heteroatoms. The van der Waals surface area contributed by atoms with E-state index in [9.17, 15) is 4.39 Å². The minimum Gasteiger partial charge on any atom is -0.378 e. The number of pyridine rings is 2. The molecule has 1 atom stereocenters. The first kappa shape index (κ1) is 48.9. The van der Waals surface area contributed by atoms with E-state index in [1.807, 2.05) is 72.2 Å². The van der Waals surface area contributed by atoms with Crippen LogP contribution in [0, 0.1) is 25.5 Å². The lowest BCUT2D eigenvalue weighted by Gasteiger charge is -2.33. The maximum Gasteiger partial charge on any atom is 0.245 e. The van der Waals surface area contributed by atoms with Crippen LogP contribution < -0.4 is 31.3 Å². The van der Waals surface area contributed by atoms with Gasteiger partial charge >= 0.3 is 0 Å². The predicted octanol–water partition coefficient (Wildman–Crippen LogP) is 8.18. The lowest BCUT2D eigenvalue weighted by Crippen LogP contribution is -2.44. The summed E-state index contributed by atoms with van der Waals surface area (Å²) in [5.41, 5.74) is 14.1. The number of hydrogen-bond donors (Lipinski definition) is 4. The lowest BCUT2D eigenvalue weighted by atomic mass is 10.1. The van der Waals surface area contributed by atoms with E-state index in [0.717, 1.165) is 46.3 Å². The standard InChI is InChI=1S/C51H47ClF2N18O2/c1-31-17-33(46-8-10-55-32(2)63-46)20-41(18-31)64-39-5-3-37(57-24-39)27-62-70-51-60-29-45(54)49(68-51)72-13-16-74-43(30-72)23-36-7-9-56-47(66-36)34-19-35(52)22-42(21-34)65-40-6-4-38(58-25-40)26-61-69-50-59-28-44(53)48(67-50)71-11-14-73-15-12-71/h3-10,17-22,24-29,43,64-65H,11-16,23,30H2,1-2H3,(H,59,67,69)(H,60,68,70)/b61-26+,62-27+. The molecule has 8 heterocycles. The van der Waals surface area contributed by atoms with Crippen LogP contribution in [0.5, 0.6) is 0 Å². The van der Waals surface area contributed by atoms with Gasteiger partial charge in [-0.15, -0.1) is 0 Å². The van der Waals surface area contributed by atoms with Gasteiger partial charge in [0.25, 0.3) is 0 Å². The van der Waals surface area contributed by atoms with E-state index in [1.165, 1.54) is 12.4 Å². The third-order valence-corrected chi connectivity index (χ3v) is 11.7. The quantitative estimate of drug-likeness (QED) is 0.0528. The molecule has 0 aliphatic carbocycles. The van der Waals surface area contributed by atoms with E-state index in [-0.39, 0.29) is 29.6 Å². The van der Waals surface area contributed by atoms with Crippen molar-refractivity contribution in [3.63, 3.8) is 0 Å². The van der Waals surface area contributed by atoms with Crippen molar-refractivity contribution >= 4 is 70.3 Å². The van der Waals surface area contributed by atoms with Crippen LogP contribution in [-0.2, 0) is 15.9 Å². The first-order chi connectivity index (χ1) is 36.1. The minimum atomic E-state index is -0.571. The molecular weight excluding hydrogens is 970 g/mol. The Labute approximate surface area is 428 Å². The molecule has 2 aromatic carbocycles. The second-order valence-electron chi connectivity index (χ2n) is 17.1. The number of anilines is 8. The number of aryl methyl sites for hydroxylation is 2. The number of halogens is 3. The van der Waals surface area contributed by atoms with Crippen molar-refractivity contribution in [2.24, 2.45) is 10.2 Å². The van der Waals surface area contributed by atoms with Crippen LogP contribution in [0.3, 0.4) is 0 Å². The number of nitrogens with one attached hydrogen (secondary N) is 4. The summed E-state index contributed by atoms with van der Waals surface area (Å²) in [5, 5.41) is 15.7. The number of hydrogen-bond acceptors (Lipinski definition) is 20. The number of rotatable bonds is 16. The molecule has 2 aliphatic heterocycles. The fourth-order valence-electron chi connectivity index (χ4n) is 8.13. The molecule has 20 nitrogen and oxygen atoms in total. The van der Waals surface area contributed by atoms with Gasteiger partial charge in [-0.3, -0.25) is 9.97 Å². The number of morpholine rings is 2. The highest BCUT2D eigenvalue weighted by Gasteiger charge is 2.26. The average molecular weight is 1020 g/mol. The largest absolute Gasteiger partial charge is 0.378 e. The van der Waals surface area contributed by atoms with Crippen LogP contribution >= 0.6 is 11.6 Å². The van der Waals surface area contributed by atoms with Gasteiger partial charge in [-0.1, -0.05) is 11.6 Å². The monoisotopic (exact) mass is 1020 g/mol. The van der Waals surface area contributed by atoms with Crippen molar-refractivity contribution in [2.75, 3.05) is 77.3 Å². The molecule has 74 heavy (non-hydrogen) atoms. The van der Waals surface area contributed by atoms with Gasteiger partial charge in [0.15, 0.2) is 29.1 Å². The van der Waals surface area contributed by atoms with E-state index in [4.69, 9.17) is 26.1 Å². The Balaban J connectivity index is 0.724. The average Bonchev–Trinajstić information content (AvgIpc) is 3.41. The van der Waals surface area contributed by atoms with Crippen molar-refractivity contribution in [3.05, 3.63) is 155 Å². The van der Waals surface area contributed by atoms with Gasteiger partial charge in [0, 0.05) is 78.2 Å². The summed E-state index contributed by atoms with van der Waals surface area (Å²) in [6.45, 7) is 7.08. The smallest absolute Gasteiger partial charge is 0.245 e. The Hall–Kier alpha value is -8.73. The van der Waals surface area contributed by atoms with Crippen molar-refractivity contribution in [1.29, 1.82) is 0 Å². The van der Waals surface area contributed by atoms with E-state index in [1.54, 1.807) is 43.0 Å². The number of nitrogens with zero attached hydrogens (tertiary/aromatic N) is 14. The molecule has 0 radical (unpaired) electrons. The summed E-state index contributed by atoms with van der Waals surface area (Å²) < 4.78 is 41.2. The Morgan fingerprint density at radius 1 is 0.635 bits per heavy atom. The van der Waals surface area contributed by atoms with Crippen LogP contribution in [0.15, 0.2) is 120 Å². The van der Waals surface area contributed by atoms with Crippen molar-refractivity contribution < 1.29 is 18.3 Å².